The molecule has 1 N–H and O–H groups in total. The number of fused-ring (bicyclic) bond motifs is 1. The maximum atomic E-state index is 5.28. The number of nitrogens with one attached hydrogen (secondary N) is 1. The van der Waals surface area contributed by atoms with Gasteiger partial charge in [0.25, 0.3) is 0 Å². The van der Waals surface area contributed by atoms with E-state index in [4.69, 9.17) is 9.47 Å². The van der Waals surface area contributed by atoms with E-state index in [2.05, 4.69) is 41.5 Å². The third-order valence-corrected chi connectivity index (χ3v) is 4.43. The molecular weight excluding hydrogens is 264 g/mol. The van der Waals surface area contributed by atoms with E-state index in [-0.39, 0.29) is 0 Å². The van der Waals surface area contributed by atoms with Crippen LogP contribution in [0.15, 0.2) is 24.3 Å². The Bertz CT molecular complexity index is 417. The lowest BCUT2D eigenvalue weighted by atomic mass is 9.83. The molecule has 0 spiro atoms. The minimum atomic E-state index is 0.378. The number of likely N-dealkylation sites (N-methyl/N-ethyl adjacent to an activating group) is 1. The van der Waals surface area contributed by atoms with Crippen LogP contribution in [0.1, 0.15) is 23.6 Å². The summed E-state index contributed by atoms with van der Waals surface area (Å²) >= 11 is 0. The van der Waals surface area contributed by atoms with Gasteiger partial charge in [-0.2, -0.15) is 0 Å². The van der Waals surface area contributed by atoms with Gasteiger partial charge in [0.2, 0.25) is 0 Å². The molecule has 2 atom stereocenters. The first-order chi connectivity index (χ1) is 10.3. The van der Waals surface area contributed by atoms with Crippen molar-refractivity contribution in [3.05, 3.63) is 35.4 Å². The zero-order valence-electron chi connectivity index (χ0n) is 13.5. The lowest BCUT2D eigenvalue weighted by Crippen LogP contribution is -2.48. The smallest absolute Gasteiger partial charge is 0.0589 e. The first-order valence-electron chi connectivity index (χ1n) is 7.78. The molecule has 21 heavy (non-hydrogen) atoms. The Hall–Kier alpha value is -0.940. The van der Waals surface area contributed by atoms with Crippen LogP contribution >= 0.6 is 0 Å². The number of hydrogen-bond acceptors (Lipinski definition) is 4. The summed E-state index contributed by atoms with van der Waals surface area (Å²) in [4.78, 5) is 2.50. The molecular formula is C17H28N2O2. The van der Waals surface area contributed by atoms with Gasteiger partial charge < -0.3 is 14.8 Å². The molecule has 0 saturated carbocycles. The Morgan fingerprint density at radius 3 is 2.43 bits per heavy atom. The Morgan fingerprint density at radius 1 is 1.14 bits per heavy atom. The first-order valence-corrected chi connectivity index (χ1v) is 7.78. The van der Waals surface area contributed by atoms with Crippen LogP contribution in [0.2, 0.25) is 0 Å². The summed E-state index contributed by atoms with van der Waals surface area (Å²) in [6.07, 6.45) is 2.32. The van der Waals surface area contributed by atoms with E-state index in [0.717, 1.165) is 32.7 Å². The number of methoxy groups -OCH3 is 2. The van der Waals surface area contributed by atoms with Crippen molar-refractivity contribution in [2.24, 2.45) is 0 Å². The zero-order valence-corrected chi connectivity index (χ0v) is 13.5. The second-order valence-corrected chi connectivity index (χ2v) is 5.59. The van der Waals surface area contributed by atoms with Crippen molar-refractivity contribution in [3.8, 4) is 0 Å². The Labute approximate surface area is 128 Å². The fourth-order valence-electron chi connectivity index (χ4n) is 3.34. The lowest BCUT2D eigenvalue weighted by Gasteiger charge is -2.41. The maximum absolute atomic E-state index is 5.28. The van der Waals surface area contributed by atoms with Gasteiger partial charge in [0.05, 0.1) is 13.2 Å². The van der Waals surface area contributed by atoms with Gasteiger partial charge in [-0.25, -0.2) is 0 Å². The van der Waals surface area contributed by atoms with Crippen LogP contribution in [0.25, 0.3) is 0 Å². The van der Waals surface area contributed by atoms with Crippen molar-refractivity contribution >= 4 is 0 Å². The molecule has 2 rings (SSSR count). The number of ether oxygens (including phenoxy) is 2. The minimum absolute atomic E-state index is 0.378. The molecule has 1 aromatic rings. The maximum Gasteiger partial charge on any atom is 0.0589 e. The molecule has 0 amide bonds. The summed E-state index contributed by atoms with van der Waals surface area (Å²) < 4.78 is 10.6. The molecule has 4 nitrogen and oxygen atoms in total. The predicted octanol–water partition coefficient (Wildman–Crippen LogP) is 1.86. The van der Waals surface area contributed by atoms with Crippen molar-refractivity contribution in [1.29, 1.82) is 0 Å². The Kier molecular flexibility index (Phi) is 6.64. The lowest BCUT2D eigenvalue weighted by molar-refractivity contribution is 0.0680. The quantitative estimate of drug-likeness (QED) is 0.793. The largest absolute Gasteiger partial charge is 0.383 e. The summed E-state index contributed by atoms with van der Waals surface area (Å²) in [6, 6.07) is 9.66. The molecule has 0 heterocycles. The van der Waals surface area contributed by atoms with Gasteiger partial charge in [0.1, 0.15) is 0 Å². The highest BCUT2D eigenvalue weighted by Crippen LogP contribution is 2.32. The summed E-state index contributed by atoms with van der Waals surface area (Å²) in [6.45, 7) is 3.42. The van der Waals surface area contributed by atoms with Crippen molar-refractivity contribution in [2.75, 3.05) is 47.6 Å². The third kappa shape index (κ3) is 4.04. The molecule has 2 unspecified atom stereocenters. The van der Waals surface area contributed by atoms with Gasteiger partial charge >= 0.3 is 0 Å². The van der Waals surface area contributed by atoms with Crippen molar-refractivity contribution in [1.82, 2.24) is 10.2 Å². The number of benzene rings is 1. The average Bonchev–Trinajstić information content (AvgIpc) is 2.54. The van der Waals surface area contributed by atoms with E-state index >= 15 is 0 Å². The van der Waals surface area contributed by atoms with Gasteiger partial charge in [0, 0.05) is 39.4 Å². The highest BCUT2D eigenvalue weighted by Gasteiger charge is 2.32. The zero-order chi connectivity index (χ0) is 15.1. The molecule has 118 valence electrons. The second kappa shape index (κ2) is 8.49. The number of aryl methyl sites for hydroxylation is 1. The molecule has 1 aliphatic rings. The topological polar surface area (TPSA) is 33.7 Å². The summed E-state index contributed by atoms with van der Waals surface area (Å²) in [5, 5.41) is 3.52. The average molecular weight is 292 g/mol. The van der Waals surface area contributed by atoms with Gasteiger partial charge in [-0.05, 0) is 31.0 Å². The molecule has 1 aromatic carbocycles. The van der Waals surface area contributed by atoms with Crippen LogP contribution < -0.4 is 5.32 Å². The van der Waals surface area contributed by atoms with Gasteiger partial charge in [-0.3, -0.25) is 4.90 Å². The molecule has 4 heteroatoms. The highest BCUT2D eigenvalue weighted by molar-refractivity contribution is 5.34. The number of hydrogen-bond donors (Lipinski definition) is 1. The molecule has 0 bridgehead atoms. The van der Waals surface area contributed by atoms with E-state index in [1.807, 2.05) is 0 Å². The Balaban J connectivity index is 2.15. The molecule has 0 saturated heterocycles. The van der Waals surface area contributed by atoms with Crippen LogP contribution in [-0.2, 0) is 15.9 Å². The first kappa shape index (κ1) is 16.4. The van der Waals surface area contributed by atoms with E-state index in [1.54, 1.807) is 14.2 Å². The van der Waals surface area contributed by atoms with E-state index in [1.165, 1.54) is 17.5 Å². The fourth-order valence-corrected chi connectivity index (χ4v) is 3.34. The number of nitrogens with zero attached hydrogens (tertiary/aromatic N) is 1. The molecule has 0 radical (unpaired) electrons. The third-order valence-electron chi connectivity index (χ3n) is 4.43. The summed E-state index contributed by atoms with van der Waals surface area (Å²) in [7, 11) is 5.59. The standard InChI is InChI=1S/C17H28N2O2/c1-18-17-15-7-5-4-6-14(15)8-9-16(17)19(10-12-20-2)11-13-21-3/h4-7,16-18H,8-13H2,1-3H3. The van der Waals surface area contributed by atoms with Crippen molar-refractivity contribution < 1.29 is 9.47 Å². The van der Waals surface area contributed by atoms with Crippen molar-refractivity contribution in [2.45, 2.75) is 24.9 Å². The molecule has 0 aromatic heterocycles. The molecule has 1 aliphatic carbocycles. The van der Waals surface area contributed by atoms with E-state index in [0.29, 0.717) is 12.1 Å². The molecule has 0 fully saturated rings. The summed E-state index contributed by atoms with van der Waals surface area (Å²) in [5.74, 6) is 0. The van der Waals surface area contributed by atoms with E-state index < -0.39 is 0 Å². The van der Waals surface area contributed by atoms with Crippen LogP contribution in [0.4, 0.5) is 0 Å². The fraction of sp³-hybridized carbons (Fsp3) is 0.647. The van der Waals surface area contributed by atoms with Gasteiger partial charge in [0.15, 0.2) is 0 Å². The van der Waals surface area contributed by atoms with Crippen LogP contribution in [0, 0.1) is 0 Å². The van der Waals surface area contributed by atoms with Crippen LogP contribution in [-0.4, -0.2) is 58.5 Å². The van der Waals surface area contributed by atoms with Gasteiger partial charge in [-0.1, -0.05) is 24.3 Å². The molecule has 0 aliphatic heterocycles. The number of rotatable bonds is 8. The SMILES string of the molecule is CNC1c2ccccc2CCC1N(CCOC)CCOC. The monoisotopic (exact) mass is 292 g/mol. The van der Waals surface area contributed by atoms with E-state index in [9.17, 15) is 0 Å². The highest BCUT2D eigenvalue weighted by atomic mass is 16.5. The van der Waals surface area contributed by atoms with Crippen molar-refractivity contribution in [3.63, 3.8) is 0 Å². The van der Waals surface area contributed by atoms with Gasteiger partial charge in [-0.15, -0.1) is 0 Å². The second-order valence-electron chi connectivity index (χ2n) is 5.59. The normalized spacial score (nSPS) is 21.5. The van der Waals surface area contributed by atoms with Crippen LogP contribution in [0.5, 0.6) is 0 Å². The Morgan fingerprint density at radius 2 is 1.81 bits per heavy atom. The minimum Gasteiger partial charge on any atom is -0.383 e. The predicted molar refractivity (Wildman–Crippen MR) is 85.7 cm³/mol. The van der Waals surface area contributed by atoms with Crippen LogP contribution in [0.3, 0.4) is 0 Å². The summed E-state index contributed by atoms with van der Waals surface area (Å²) in [5.41, 5.74) is 2.92.